The van der Waals surface area contributed by atoms with Gasteiger partial charge in [-0.05, 0) is 42.7 Å². The molecule has 0 bridgehead atoms. The highest BCUT2D eigenvalue weighted by Gasteiger charge is 2.22. The first-order chi connectivity index (χ1) is 16.0. The van der Waals surface area contributed by atoms with Crippen molar-refractivity contribution in [2.45, 2.75) is 25.9 Å². The van der Waals surface area contributed by atoms with E-state index in [1.807, 2.05) is 19.1 Å². The molecule has 1 aromatic rings. The van der Waals surface area contributed by atoms with E-state index in [9.17, 15) is 9.59 Å². The molecule has 33 heavy (non-hydrogen) atoms. The zero-order valence-electron chi connectivity index (χ0n) is 19.2. The molecule has 0 radical (unpaired) electrons. The van der Waals surface area contributed by atoms with Crippen LogP contribution < -0.4 is 16.0 Å². The van der Waals surface area contributed by atoms with Crippen LogP contribution >= 0.6 is 11.6 Å². The molecule has 7 nitrogen and oxygen atoms in total. The van der Waals surface area contributed by atoms with Gasteiger partial charge in [0.1, 0.15) is 12.6 Å². The fraction of sp³-hybridized carbons (Fsp3) is 0.360. The third-order valence-electron chi connectivity index (χ3n) is 4.65. The monoisotopic (exact) mass is 475 g/mol. The molecule has 0 spiro atoms. The second-order valence-corrected chi connectivity index (χ2v) is 7.42. The lowest BCUT2D eigenvalue weighted by Crippen LogP contribution is -2.39. The van der Waals surface area contributed by atoms with Crippen molar-refractivity contribution in [3.05, 3.63) is 83.6 Å². The minimum Gasteiger partial charge on any atom is -0.463 e. The van der Waals surface area contributed by atoms with Crippen LogP contribution in [0.1, 0.15) is 18.9 Å². The summed E-state index contributed by atoms with van der Waals surface area (Å²) in [5, 5.41) is 9.60. The first-order valence-electron chi connectivity index (χ1n) is 10.8. The third-order valence-corrected chi connectivity index (χ3v) is 4.90. The molecule has 0 heterocycles. The molecule has 0 aliphatic rings. The number of rotatable bonds is 18. The Labute approximate surface area is 201 Å². The van der Waals surface area contributed by atoms with Gasteiger partial charge >= 0.3 is 5.97 Å². The predicted octanol–water partition coefficient (Wildman–Crippen LogP) is 3.29. The largest absolute Gasteiger partial charge is 0.463 e. The van der Waals surface area contributed by atoms with Crippen LogP contribution in [0.25, 0.3) is 0 Å². The van der Waals surface area contributed by atoms with Crippen molar-refractivity contribution < 1.29 is 19.1 Å². The van der Waals surface area contributed by atoms with E-state index in [-0.39, 0.29) is 13.0 Å². The highest BCUT2D eigenvalue weighted by Crippen LogP contribution is 2.20. The standard InChI is InChI=1S/C25H34ClN3O4/c1-5-22(23(6-2)29-18-30)19(4)16-24(28-17-20-8-10-21(26)11-9-20)25(31)33-15-13-27-12-14-32-7-3/h5-6,8-11,18,24,27-28H,1-2,4,7,12-17H2,3H3,(H,29,30)/b23-22-. The van der Waals surface area contributed by atoms with E-state index in [0.29, 0.717) is 61.1 Å². The van der Waals surface area contributed by atoms with Gasteiger partial charge in [0.25, 0.3) is 0 Å². The van der Waals surface area contributed by atoms with Crippen LogP contribution in [0.2, 0.25) is 5.02 Å². The SMILES string of the molecule is C=C/C(NC=O)=C(\C=C)C(=C)CC(NCc1ccc(Cl)cc1)C(=O)OCCNCCOCC. The number of ether oxygens (including phenoxy) is 2. The van der Waals surface area contributed by atoms with Gasteiger partial charge in [0.05, 0.1) is 6.61 Å². The fourth-order valence-electron chi connectivity index (χ4n) is 2.93. The summed E-state index contributed by atoms with van der Waals surface area (Å²) >= 11 is 5.95. The second kappa shape index (κ2) is 16.9. The first kappa shape index (κ1) is 28.3. The normalized spacial score (nSPS) is 12.3. The van der Waals surface area contributed by atoms with Crippen LogP contribution in [0.3, 0.4) is 0 Å². The topological polar surface area (TPSA) is 88.7 Å². The van der Waals surface area contributed by atoms with Crippen molar-refractivity contribution in [2.75, 3.05) is 32.9 Å². The molecule has 0 aromatic heterocycles. The maximum atomic E-state index is 12.8. The van der Waals surface area contributed by atoms with Crippen LogP contribution in [0, 0.1) is 0 Å². The molecule has 1 aromatic carbocycles. The van der Waals surface area contributed by atoms with E-state index < -0.39 is 12.0 Å². The van der Waals surface area contributed by atoms with Crippen molar-refractivity contribution in [2.24, 2.45) is 0 Å². The number of benzene rings is 1. The minimum absolute atomic E-state index is 0.227. The van der Waals surface area contributed by atoms with E-state index in [1.165, 1.54) is 6.08 Å². The van der Waals surface area contributed by atoms with Gasteiger partial charge in [0.2, 0.25) is 6.41 Å². The van der Waals surface area contributed by atoms with E-state index in [1.54, 1.807) is 18.2 Å². The highest BCUT2D eigenvalue weighted by molar-refractivity contribution is 6.30. The Morgan fingerprint density at radius 2 is 1.85 bits per heavy atom. The van der Waals surface area contributed by atoms with Crippen LogP contribution in [0.4, 0.5) is 0 Å². The number of carbonyl (C=O) groups is 2. The zero-order valence-corrected chi connectivity index (χ0v) is 20.0. The molecule has 0 saturated heterocycles. The maximum Gasteiger partial charge on any atom is 0.323 e. The Morgan fingerprint density at radius 1 is 1.15 bits per heavy atom. The summed E-state index contributed by atoms with van der Waals surface area (Å²) in [7, 11) is 0. The lowest BCUT2D eigenvalue weighted by molar-refractivity contribution is -0.146. The zero-order chi connectivity index (χ0) is 24.5. The van der Waals surface area contributed by atoms with Gasteiger partial charge < -0.3 is 25.4 Å². The van der Waals surface area contributed by atoms with Gasteiger partial charge in [-0.2, -0.15) is 0 Å². The molecule has 3 N–H and O–H groups in total. The molecule has 1 atom stereocenters. The summed E-state index contributed by atoms with van der Waals surface area (Å²) in [5.41, 5.74) is 2.64. The molecular weight excluding hydrogens is 442 g/mol. The molecule has 8 heteroatoms. The van der Waals surface area contributed by atoms with Gasteiger partial charge in [-0.3, -0.25) is 9.59 Å². The molecule has 0 saturated carbocycles. The highest BCUT2D eigenvalue weighted by atomic mass is 35.5. The van der Waals surface area contributed by atoms with Crippen molar-refractivity contribution in [3.8, 4) is 0 Å². The molecule has 0 aliphatic heterocycles. The molecule has 1 rings (SSSR count). The number of halogens is 1. The molecule has 1 unspecified atom stereocenters. The Hall–Kier alpha value is -2.71. The van der Waals surface area contributed by atoms with E-state index in [2.05, 4.69) is 35.7 Å². The van der Waals surface area contributed by atoms with Crippen LogP contribution in [0.15, 0.2) is 73.0 Å². The van der Waals surface area contributed by atoms with E-state index >= 15 is 0 Å². The lowest BCUT2D eigenvalue weighted by Gasteiger charge is -2.20. The minimum atomic E-state index is -0.658. The molecule has 1 amide bonds. The number of allylic oxidation sites excluding steroid dienone is 3. The summed E-state index contributed by atoms with van der Waals surface area (Å²) in [6.07, 6.45) is 3.87. The van der Waals surface area contributed by atoms with Crippen molar-refractivity contribution in [1.29, 1.82) is 0 Å². The van der Waals surface area contributed by atoms with Gasteiger partial charge in [-0.1, -0.05) is 49.5 Å². The number of carbonyl (C=O) groups excluding carboxylic acids is 2. The average Bonchev–Trinajstić information content (AvgIpc) is 2.81. The summed E-state index contributed by atoms with van der Waals surface area (Å²) in [5.74, 6) is -0.399. The predicted molar refractivity (Wildman–Crippen MR) is 133 cm³/mol. The first-order valence-corrected chi connectivity index (χ1v) is 11.1. The summed E-state index contributed by atoms with van der Waals surface area (Å²) < 4.78 is 10.7. The fourth-order valence-corrected chi connectivity index (χ4v) is 3.06. The number of nitrogens with one attached hydrogen (secondary N) is 3. The summed E-state index contributed by atoms with van der Waals surface area (Å²) in [4.78, 5) is 23.7. The number of amides is 1. The van der Waals surface area contributed by atoms with Crippen molar-refractivity contribution >= 4 is 24.0 Å². The Bertz CT molecular complexity index is 821. The quantitative estimate of drug-likeness (QED) is 0.131. The molecule has 0 fully saturated rings. The molecular formula is C25H34ClN3O4. The van der Waals surface area contributed by atoms with Crippen LogP contribution in [-0.4, -0.2) is 51.3 Å². The Balaban J connectivity index is 2.82. The van der Waals surface area contributed by atoms with Crippen LogP contribution in [0.5, 0.6) is 0 Å². The third kappa shape index (κ3) is 11.1. The smallest absolute Gasteiger partial charge is 0.323 e. The van der Waals surface area contributed by atoms with E-state index in [0.717, 1.165) is 5.56 Å². The Kier molecular flexibility index (Phi) is 14.5. The number of esters is 1. The molecule has 0 aliphatic carbocycles. The lowest BCUT2D eigenvalue weighted by atomic mass is 9.97. The Morgan fingerprint density at radius 3 is 2.45 bits per heavy atom. The van der Waals surface area contributed by atoms with Gasteiger partial charge in [0, 0.05) is 42.5 Å². The summed E-state index contributed by atoms with van der Waals surface area (Å²) in [6, 6.07) is 6.69. The molecule has 180 valence electrons. The average molecular weight is 476 g/mol. The van der Waals surface area contributed by atoms with Crippen LogP contribution in [-0.2, 0) is 25.6 Å². The maximum absolute atomic E-state index is 12.8. The van der Waals surface area contributed by atoms with E-state index in [4.69, 9.17) is 21.1 Å². The van der Waals surface area contributed by atoms with Gasteiger partial charge in [0.15, 0.2) is 0 Å². The van der Waals surface area contributed by atoms with Gasteiger partial charge in [-0.25, -0.2) is 0 Å². The van der Waals surface area contributed by atoms with Crippen molar-refractivity contribution in [3.63, 3.8) is 0 Å². The summed E-state index contributed by atoms with van der Waals surface area (Å²) in [6.45, 7) is 16.6. The number of hydrogen-bond donors (Lipinski definition) is 3. The van der Waals surface area contributed by atoms with Crippen molar-refractivity contribution in [1.82, 2.24) is 16.0 Å². The second-order valence-electron chi connectivity index (χ2n) is 6.98. The van der Waals surface area contributed by atoms with Gasteiger partial charge in [-0.15, -0.1) is 0 Å². The number of hydrogen-bond acceptors (Lipinski definition) is 6.